The van der Waals surface area contributed by atoms with Crippen molar-refractivity contribution >= 4 is 28.5 Å². The molecule has 9 heteroatoms. The lowest BCUT2D eigenvalue weighted by Gasteiger charge is -2.34. The molecule has 1 heterocycles. The van der Waals surface area contributed by atoms with E-state index in [9.17, 15) is 9.59 Å². The van der Waals surface area contributed by atoms with Crippen molar-refractivity contribution in [3.63, 3.8) is 0 Å². The molecular weight excluding hydrogens is 506 g/mol. The molecule has 1 atom stereocenters. The summed E-state index contributed by atoms with van der Waals surface area (Å²) in [6, 6.07) is 19.5. The average molecular weight is 542 g/mol. The maximum Gasteiger partial charge on any atom is 0.249 e. The highest BCUT2D eigenvalue weighted by Crippen LogP contribution is 2.39. The molecule has 1 fully saturated rings. The molecule has 4 aromatic rings. The molecule has 1 aliphatic rings. The monoisotopic (exact) mass is 541 g/mol. The third-order valence-corrected chi connectivity index (χ3v) is 7.44. The minimum atomic E-state index is -1.02. The van der Waals surface area contributed by atoms with Crippen LogP contribution in [0.4, 0.5) is 5.69 Å². The number of rotatable bonds is 9. The summed E-state index contributed by atoms with van der Waals surface area (Å²) in [5, 5.41) is 11.7. The van der Waals surface area contributed by atoms with Gasteiger partial charge >= 0.3 is 0 Å². The van der Waals surface area contributed by atoms with Crippen LogP contribution in [0, 0.1) is 6.92 Å². The molecule has 40 heavy (non-hydrogen) atoms. The van der Waals surface area contributed by atoms with Gasteiger partial charge in [0.15, 0.2) is 11.5 Å². The number of carbonyl (C=O) groups is 2. The molecule has 0 spiro atoms. The highest BCUT2D eigenvalue weighted by molar-refractivity contribution is 6.02. The quantitative estimate of drug-likeness (QED) is 0.321. The smallest absolute Gasteiger partial charge is 0.249 e. The fourth-order valence-corrected chi connectivity index (χ4v) is 5.51. The second-order valence-electron chi connectivity index (χ2n) is 10.2. The van der Waals surface area contributed by atoms with Crippen LogP contribution in [-0.2, 0) is 16.1 Å². The largest absolute Gasteiger partial charge is 0.493 e. The van der Waals surface area contributed by atoms with Gasteiger partial charge in [0, 0.05) is 17.3 Å². The molecule has 5 rings (SSSR count). The zero-order valence-corrected chi connectivity index (χ0v) is 23.2. The van der Waals surface area contributed by atoms with Crippen LogP contribution in [0.2, 0.25) is 0 Å². The van der Waals surface area contributed by atoms with E-state index in [4.69, 9.17) is 9.47 Å². The molecule has 3 aromatic carbocycles. The number of aromatic nitrogens is 3. The van der Waals surface area contributed by atoms with Gasteiger partial charge in [-0.3, -0.25) is 14.5 Å². The van der Waals surface area contributed by atoms with E-state index in [0.717, 1.165) is 36.8 Å². The van der Waals surface area contributed by atoms with Gasteiger partial charge in [-0.15, -0.1) is 5.10 Å². The van der Waals surface area contributed by atoms with E-state index in [-0.39, 0.29) is 24.4 Å². The lowest BCUT2D eigenvalue weighted by molar-refractivity contribution is -0.127. The molecule has 2 amide bonds. The summed E-state index contributed by atoms with van der Waals surface area (Å²) in [5.41, 5.74) is 3.53. The Hall–Kier alpha value is -4.40. The zero-order valence-electron chi connectivity index (χ0n) is 23.2. The molecule has 0 aliphatic heterocycles. The van der Waals surface area contributed by atoms with Crippen LogP contribution >= 0.6 is 0 Å². The van der Waals surface area contributed by atoms with Gasteiger partial charge in [-0.05, 0) is 55.7 Å². The Bertz CT molecular complexity index is 1490. The van der Waals surface area contributed by atoms with Crippen molar-refractivity contribution in [3.05, 3.63) is 77.9 Å². The predicted molar refractivity (Wildman–Crippen MR) is 153 cm³/mol. The number of para-hydroxylation sites is 2. The van der Waals surface area contributed by atoms with Crippen molar-refractivity contribution in [1.29, 1.82) is 0 Å². The zero-order chi connectivity index (χ0) is 28.1. The number of nitrogens with zero attached hydrogens (tertiary/aromatic N) is 4. The Morgan fingerprint density at radius 1 is 1.00 bits per heavy atom. The van der Waals surface area contributed by atoms with Gasteiger partial charge in [-0.1, -0.05) is 60.9 Å². The van der Waals surface area contributed by atoms with E-state index in [1.807, 2.05) is 61.5 Å². The Morgan fingerprint density at radius 2 is 1.77 bits per heavy atom. The molecule has 208 valence electrons. The first-order valence-electron chi connectivity index (χ1n) is 13.7. The maximum absolute atomic E-state index is 14.3. The summed E-state index contributed by atoms with van der Waals surface area (Å²) in [6.07, 6.45) is 5.13. The standard InChI is InChI=1S/C31H35N5O4/c1-21-11-9-14-23(19-21)36(28(37)20-35-26-17-8-7-16-25(26)33-34-35)29(31(38)32-22-12-5-4-6-13-22)24-15-10-18-27(39-2)30(24)40-3/h7-11,14-19,22,29H,4-6,12-13,20H2,1-3H3,(H,32,38)/t29-/m0/s1. The molecule has 1 saturated carbocycles. The maximum atomic E-state index is 14.3. The van der Waals surface area contributed by atoms with E-state index in [1.165, 1.54) is 13.5 Å². The fraction of sp³-hybridized carbons (Fsp3) is 0.355. The Kier molecular flexibility index (Phi) is 8.28. The number of carbonyl (C=O) groups excluding carboxylic acids is 2. The molecule has 0 radical (unpaired) electrons. The van der Waals surface area contributed by atoms with E-state index in [2.05, 4.69) is 15.6 Å². The lowest BCUT2D eigenvalue weighted by Crippen LogP contribution is -2.48. The van der Waals surface area contributed by atoms with Gasteiger partial charge in [-0.25, -0.2) is 4.68 Å². The number of fused-ring (bicyclic) bond motifs is 1. The number of aryl methyl sites for hydroxylation is 1. The molecule has 0 saturated heterocycles. The van der Waals surface area contributed by atoms with E-state index in [1.54, 1.807) is 28.8 Å². The fourth-order valence-electron chi connectivity index (χ4n) is 5.51. The van der Waals surface area contributed by atoms with Crippen molar-refractivity contribution in [2.75, 3.05) is 19.1 Å². The van der Waals surface area contributed by atoms with Crippen LogP contribution in [0.3, 0.4) is 0 Å². The molecule has 0 unspecified atom stereocenters. The number of amides is 2. The molecule has 1 aliphatic carbocycles. The Morgan fingerprint density at radius 3 is 2.52 bits per heavy atom. The van der Waals surface area contributed by atoms with Gasteiger partial charge in [-0.2, -0.15) is 0 Å². The van der Waals surface area contributed by atoms with E-state index >= 15 is 0 Å². The SMILES string of the molecule is COc1cccc([C@@H](C(=O)NC2CCCCC2)N(C(=O)Cn2nnc3ccccc32)c2cccc(C)c2)c1OC. The number of hydrogen-bond acceptors (Lipinski definition) is 6. The van der Waals surface area contributed by atoms with Crippen LogP contribution in [0.5, 0.6) is 11.5 Å². The normalized spacial score (nSPS) is 14.5. The summed E-state index contributed by atoms with van der Waals surface area (Å²) >= 11 is 0. The van der Waals surface area contributed by atoms with Crippen molar-refractivity contribution in [3.8, 4) is 11.5 Å². The number of methoxy groups -OCH3 is 2. The topological polar surface area (TPSA) is 98.6 Å². The van der Waals surface area contributed by atoms with Crippen LogP contribution in [0.15, 0.2) is 66.7 Å². The first kappa shape index (κ1) is 27.2. The van der Waals surface area contributed by atoms with Gasteiger partial charge in [0.1, 0.15) is 18.1 Å². The number of nitrogens with one attached hydrogen (secondary N) is 1. The van der Waals surface area contributed by atoms with Crippen molar-refractivity contribution in [2.45, 2.75) is 57.7 Å². The number of ether oxygens (including phenoxy) is 2. The summed E-state index contributed by atoms with van der Waals surface area (Å²) in [7, 11) is 3.09. The second kappa shape index (κ2) is 12.2. The number of hydrogen-bond donors (Lipinski definition) is 1. The summed E-state index contributed by atoms with van der Waals surface area (Å²) in [4.78, 5) is 30.1. The number of benzene rings is 3. The van der Waals surface area contributed by atoms with E-state index < -0.39 is 6.04 Å². The predicted octanol–water partition coefficient (Wildman–Crippen LogP) is 4.98. The minimum Gasteiger partial charge on any atom is -0.493 e. The molecule has 1 aromatic heterocycles. The summed E-state index contributed by atoms with van der Waals surface area (Å²) in [6.45, 7) is 1.86. The van der Waals surface area contributed by atoms with Crippen LogP contribution in [0.25, 0.3) is 11.0 Å². The molecule has 1 N–H and O–H groups in total. The van der Waals surface area contributed by atoms with E-state index in [0.29, 0.717) is 28.3 Å². The average Bonchev–Trinajstić information content (AvgIpc) is 3.38. The third-order valence-electron chi connectivity index (χ3n) is 7.44. The molecular formula is C31H35N5O4. The second-order valence-corrected chi connectivity index (χ2v) is 10.2. The number of anilines is 1. The Labute approximate surface area is 234 Å². The van der Waals surface area contributed by atoms with Gasteiger partial charge in [0.2, 0.25) is 11.8 Å². The van der Waals surface area contributed by atoms with Gasteiger partial charge in [0.25, 0.3) is 0 Å². The van der Waals surface area contributed by atoms with Crippen molar-refractivity contribution in [1.82, 2.24) is 20.3 Å². The van der Waals surface area contributed by atoms with Crippen molar-refractivity contribution < 1.29 is 19.1 Å². The third kappa shape index (κ3) is 5.64. The first-order chi connectivity index (χ1) is 19.5. The first-order valence-corrected chi connectivity index (χ1v) is 13.7. The van der Waals surface area contributed by atoms with Crippen molar-refractivity contribution in [2.24, 2.45) is 0 Å². The highest BCUT2D eigenvalue weighted by Gasteiger charge is 2.37. The van der Waals surface area contributed by atoms with Crippen LogP contribution in [-0.4, -0.2) is 47.1 Å². The molecule has 0 bridgehead atoms. The molecule has 9 nitrogen and oxygen atoms in total. The van der Waals surface area contributed by atoms with Gasteiger partial charge in [0.05, 0.1) is 19.7 Å². The van der Waals surface area contributed by atoms with Crippen LogP contribution in [0.1, 0.15) is 49.3 Å². The minimum absolute atomic E-state index is 0.0501. The Balaban J connectivity index is 1.63. The summed E-state index contributed by atoms with van der Waals surface area (Å²) in [5.74, 6) is 0.312. The van der Waals surface area contributed by atoms with Crippen LogP contribution < -0.4 is 19.7 Å². The summed E-state index contributed by atoms with van der Waals surface area (Å²) < 4.78 is 12.9. The lowest BCUT2D eigenvalue weighted by atomic mass is 9.94. The highest BCUT2D eigenvalue weighted by atomic mass is 16.5. The van der Waals surface area contributed by atoms with Gasteiger partial charge < -0.3 is 14.8 Å².